The van der Waals surface area contributed by atoms with Gasteiger partial charge in [0.1, 0.15) is 0 Å². The summed E-state index contributed by atoms with van der Waals surface area (Å²) in [5.41, 5.74) is -0.423. The van der Waals surface area contributed by atoms with E-state index in [0.29, 0.717) is 23.5 Å². The molecule has 1 fully saturated rings. The summed E-state index contributed by atoms with van der Waals surface area (Å²) in [6, 6.07) is 5.28. The van der Waals surface area contributed by atoms with Crippen LogP contribution >= 0.6 is 0 Å². The maximum Gasteiger partial charge on any atom is 0.416 e. The smallest absolute Gasteiger partial charge is 0.350 e. The van der Waals surface area contributed by atoms with Gasteiger partial charge in [-0.05, 0) is 31.0 Å². The lowest BCUT2D eigenvalue weighted by molar-refractivity contribution is -0.137. The highest BCUT2D eigenvalue weighted by Crippen LogP contribution is 2.31. The highest BCUT2D eigenvalue weighted by atomic mass is 19.4. The molecule has 0 spiro atoms. The van der Waals surface area contributed by atoms with E-state index >= 15 is 0 Å². The van der Waals surface area contributed by atoms with Crippen molar-refractivity contribution in [3.05, 3.63) is 36.0 Å². The van der Waals surface area contributed by atoms with Gasteiger partial charge >= 0.3 is 6.18 Å². The van der Waals surface area contributed by atoms with Crippen molar-refractivity contribution in [2.24, 2.45) is 0 Å². The van der Waals surface area contributed by atoms with Crippen molar-refractivity contribution in [1.29, 1.82) is 0 Å². The molecule has 8 heteroatoms. The molecule has 1 heterocycles. The van der Waals surface area contributed by atoms with Crippen molar-refractivity contribution < 1.29 is 13.2 Å². The number of nitrogens with zero attached hydrogens (tertiary/aromatic N) is 3. The lowest BCUT2D eigenvalue weighted by atomic mass is 10.2. The first-order valence-electron chi connectivity index (χ1n) is 6.41. The van der Waals surface area contributed by atoms with Crippen molar-refractivity contribution in [2.45, 2.75) is 25.1 Å². The second-order valence-electron chi connectivity index (χ2n) is 4.79. The highest BCUT2D eigenvalue weighted by molar-refractivity contribution is 5.57. The molecule has 1 aliphatic carbocycles. The third-order valence-electron chi connectivity index (χ3n) is 2.93. The third kappa shape index (κ3) is 3.59. The number of hydrogen-bond donors (Lipinski definition) is 2. The summed E-state index contributed by atoms with van der Waals surface area (Å²) in [7, 11) is 0. The number of anilines is 3. The van der Waals surface area contributed by atoms with Crippen LogP contribution in [0.15, 0.2) is 30.5 Å². The average molecular weight is 295 g/mol. The highest BCUT2D eigenvalue weighted by Gasteiger charge is 2.30. The van der Waals surface area contributed by atoms with E-state index in [9.17, 15) is 13.2 Å². The maximum absolute atomic E-state index is 12.6. The zero-order valence-corrected chi connectivity index (χ0v) is 10.9. The van der Waals surface area contributed by atoms with Gasteiger partial charge in [-0.1, -0.05) is 6.07 Å². The summed E-state index contributed by atoms with van der Waals surface area (Å²) < 4.78 is 37.9. The Bertz CT molecular complexity index is 640. The topological polar surface area (TPSA) is 62.7 Å². The molecule has 21 heavy (non-hydrogen) atoms. The van der Waals surface area contributed by atoms with Crippen LogP contribution in [-0.2, 0) is 6.18 Å². The summed E-state index contributed by atoms with van der Waals surface area (Å²) in [5, 5.41) is 13.5. The minimum absolute atomic E-state index is 0.294. The summed E-state index contributed by atoms with van der Waals surface area (Å²) in [5.74, 6) is 0.710. The van der Waals surface area contributed by atoms with E-state index in [4.69, 9.17) is 0 Å². The van der Waals surface area contributed by atoms with Crippen LogP contribution in [0.1, 0.15) is 18.4 Å². The third-order valence-corrected chi connectivity index (χ3v) is 2.93. The van der Waals surface area contributed by atoms with Gasteiger partial charge in [0.05, 0.1) is 11.8 Å². The van der Waals surface area contributed by atoms with Crippen molar-refractivity contribution in [3.63, 3.8) is 0 Å². The Balaban J connectivity index is 1.76. The van der Waals surface area contributed by atoms with Gasteiger partial charge in [0, 0.05) is 11.7 Å². The second kappa shape index (κ2) is 5.19. The van der Waals surface area contributed by atoms with E-state index in [1.807, 2.05) is 0 Å². The Morgan fingerprint density at radius 3 is 2.71 bits per heavy atom. The lowest BCUT2D eigenvalue weighted by Gasteiger charge is -2.10. The molecule has 0 atom stereocenters. The standard InChI is InChI=1S/C13H12F3N5/c14-13(15,16)8-2-1-3-10(6-8)18-11-7-17-21-12(20-11)19-9-4-5-9/h1-3,6-7,9H,4-5H2,(H2,18,19,20,21). The predicted octanol–water partition coefficient (Wildman–Crippen LogP) is 3.21. The molecule has 0 aliphatic heterocycles. The minimum atomic E-state index is -4.37. The molecule has 1 aromatic carbocycles. The van der Waals surface area contributed by atoms with Crippen LogP contribution in [0.25, 0.3) is 0 Å². The van der Waals surface area contributed by atoms with Crippen molar-refractivity contribution >= 4 is 17.5 Å². The van der Waals surface area contributed by atoms with Crippen LogP contribution in [0.4, 0.5) is 30.6 Å². The molecule has 0 saturated heterocycles. The maximum atomic E-state index is 12.6. The summed E-state index contributed by atoms with van der Waals surface area (Å²) in [6.07, 6.45) is -0.887. The quantitative estimate of drug-likeness (QED) is 0.907. The largest absolute Gasteiger partial charge is 0.416 e. The molecule has 2 aromatic rings. The van der Waals surface area contributed by atoms with Gasteiger partial charge in [-0.15, -0.1) is 5.10 Å². The molecule has 2 N–H and O–H groups in total. The van der Waals surface area contributed by atoms with Gasteiger partial charge in [-0.25, -0.2) is 0 Å². The zero-order chi connectivity index (χ0) is 14.9. The number of halogens is 3. The number of hydrogen-bond acceptors (Lipinski definition) is 5. The van der Waals surface area contributed by atoms with Gasteiger partial charge in [0.2, 0.25) is 5.95 Å². The van der Waals surface area contributed by atoms with E-state index in [0.717, 1.165) is 25.0 Å². The van der Waals surface area contributed by atoms with E-state index in [1.54, 1.807) is 0 Å². The first kappa shape index (κ1) is 13.6. The first-order valence-corrected chi connectivity index (χ1v) is 6.41. The first-order chi connectivity index (χ1) is 10.0. The van der Waals surface area contributed by atoms with E-state index < -0.39 is 11.7 Å². The summed E-state index contributed by atoms with van der Waals surface area (Å²) >= 11 is 0. The normalized spacial score (nSPS) is 14.8. The molecule has 0 unspecified atom stereocenters. The second-order valence-corrected chi connectivity index (χ2v) is 4.79. The Hall–Kier alpha value is -2.38. The van der Waals surface area contributed by atoms with Crippen LogP contribution in [0.2, 0.25) is 0 Å². The molecule has 1 saturated carbocycles. The fourth-order valence-electron chi connectivity index (χ4n) is 1.76. The minimum Gasteiger partial charge on any atom is -0.350 e. The number of aromatic nitrogens is 3. The van der Waals surface area contributed by atoms with Crippen LogP contribution in [0.5, 0.6) is 0 Å². The monoisotopic (exact) mass is 295 g/mol. The van der Waals surface area contributed by atoms with E-state index in [2.05, 4.69) is 25.8 Å². The summed E-state index contributed by atoms with van der Waals surface area (Å²) in [4.78, 5) is 4.16. The number of rotatable bonds is 4. The molecule has 1 aromatic heterocycles. The fraction of sp³-hybridized carbons (Fsp3) is 0.308. The number of benzene rings is 1. The SMILES string of the molecule is FC(F)(F)c1cccc(Nc2cnnc(NC3CC3)n2)c1. The molecular formula is C13H12F3N5. The van der Waals surface area contributed by atoms with Gasteiger partial charge in [0.15, 0.2) is 5.82 Å². The van der Waals surface area contributed by atoms with Gasteiger partial charge in [-0.3, -0.25) is 0 Å². The average Bonchev–Trinajstić information content (AvgIpc) is 3.22. The Morgan fingerprint density at radius 2 is 2.00 bits per heavy atom. The van der Waals surface area contributed by atoms with Gasteiger partial charge in [0.25, 0.3) is 0 Å². The van der Waals surface area contributed by atoms with Crippen molar-refractivity contribution in [1.82, 2.24) is 15.2 Å². The zero-order valence-electron chi connectivity index (χ0n) is 10.9. The molecule has 3 rings (SSSR count). The molecule has 110 valence electrons. The molecule has 0 amide bonds. The van der Waals surface area contributed by atoms with Crippen LogP contribution in [0.3, 0.4) is 0 Å². The fourth-order valence-corrected chi connectivity index (χ4v) is 1.76. The van der Waals surface area contributed by atoms with Crippen LogP contribution in [0, 0.1) is 0 Å². The van der Waals surface area contributed by atoms with Crippen molar-refractivity contribution in [3.8, 4) is 0 Å². The molecule has 0 bridgehead atoms. The predicted molar refractivity (Wildman–Crippen MR) is 71.2 cm³/mol. The van der Waals surface area contributed by atoms with Crippen LogP contribution in [-0.4, -0.2) is 21.2 Å². The molecule has 5 nitrogen and oxygen atoms in total. The van der Waals surface area contributed by atoms with E-state index in [1.165, 1.54) is 18.3 Å². The van der Waals surface area contributed by atoms with E-state index in [-0.39, 0.29) is 0 Å². The van der Waals surface area contributed by atoms with Gasteiger partial charge < -0.3 is 10.6 Å². The Kier molecular flexibility index (Phi) is 3.36. The molecule has 0 radical (unpaired) electrons. The molecule has 1 aliphatic rings. The Morgan fingerprint density at radius 1 is 1.19 bits per heavy atom. The summed E-state index contributed by atoms with van der Waals surface area (Å²) in [6.45, 7) is 0. The number of nitrogens with one attached hydrogen (secondary N) is 2. The number of alkyl halides is 3. The van der Waals surface area contributed by atoms with Crippen molar-refractivity contribution in [2.75, 3.05) is 10.6 Å². The van der Waals surface area contributed by atoms with Gasteiger partial charge in [-0.2, -0.15) is 23.3 Å². The Labute approximate surface area is 118 Å². The lowest BCUT2D eigenvalue weighted by Crippen LogP contribution is -2.08. The van der Waals surface area contributed by atoms with Crippen LogP contribution < -0.4 is 10.6 Å². The molecular weight excluding hydrogens is 283 g/mol.